The number of nitrogens with one attached hydrogen (secondary N) is 1. The average molecular weight is 465 g/mol. The molecule has 0 amide bonds. The fraction of sp³-hybridized carbons (Fsp3) is 0.500. The summed E-state index contributed by atoms with van der Waals surface area (Å²) >= 11 is 0. The zero-order valence-corrected chi connectivity index (χ0v) is 23.3. The molecule has 2 aliphatic carbocycles. The van der Waals surface area contributed by atoms with E-state index in [2.05, 4.69) is 63.2 Å². The smallest absolute Gasteiger partial charge is 0.0562 e. The molecule has 0 aromatic rings. The molecule has 2 aliphatic rings. The van der Waals surface area contributed by atoms with Crippen LogP contribution in [0.3, 0.4) is 0 Å². The highest BCUT2D eigenvalue weighted by atomic mass is 14.8. The van der Waals surface area contributed by atoms with Crippen molar-refractivity contribution in [2.75, 3.05) is 7.05 Å². The van der Waals surface area contributed by atoms with Crippen LogP contribution < -0.4 is 11.1 Å². The number of hydrogen-bond donors (Lipinski definition) is 2. The zero-order chi connectivity index (χ0) is 26.1. The van der Waals surface area contributed by atoms with E-state index in [0.717, 1.165) is 29.7 Å². The van der Waals surface area contributed by atoms with Gasteiger partial charge in [-0.05, 0) is 78.7 Å². The Kier molecular flexibility index (Phi) is 15.8. The Hall–Kier alpha value is -2.48. The SMILES string of the molecule is C=CC(=C)/C(=C/CC)C1=C(CC(/C=C\C(=C)/C(=C/N)NC)=C/C)CC2(CCCC2)C1.CC.CC. The molecule has 0 unspecified atom stereocenters. The van der Waals surface area contributed by atoms with Crippen LogP contribution in [0.15, 0.2) is 95.5 Å². The minimum atomic E-state index is 0.465. The van der Waals surface area contributed by atoms with E-state index in [9.17, 15) is 0 Å². The molecule has 0 aromatic heterocycles. The third-order valence-electron chi connectivity index (χ3n) is 6.63. The van der Waals surface area contributed by atoms with E-state index < -0.39 is 0 Å². The van der Waals surface area contributed by atoms with Crippen molar-refractivity contribution < 1.29 is 0 Å². The number of rotatable bonds is 10. The molecular weight excluding hydrogens is 412 g/mol. The topological polar surface area (TPSA) is 38.0 Å². The van der Waals surface area contributed by atoms with Crippen molar-refractivity contribution in [3.05, 3.63) is 95.5 Å². The minimum Gasteiger partial charge on any atom is -0.403 e. The molecule has 0 radical (unpaired) electrons. The molecular formula is C32H52N2. The van der Waals surface area contributed by atoms with Crippen LogP contribution in [0.25, 0.3) is 0 Å². The summed E-state index contributed by atoms with van der Waals surface area (Å²) in [5.41, 5.74) is 14.7. The van der Waals surface area contributed by atoms with Gasteiger partial charge < -0.3 is 11.1 Å². The van der Waals surface area contributed by atoms with Gasteiger partial charge in [-0.25, -0.2) is 0 Å². The quantitative estimate of drug-likeness (QED) is 0.316. The van der Waals surface area contributed by atoms with Gasteiger partial charge >= 0.3 is 0 Å². The van der Waals surface area contributed by atoms with Gasteiger partial charge in [0.15, 0.2) is 0 Å². The molecule has 1 fully saturated rings. The Morgan fingerprint density at radius 2 is 1.65 bits per heavy atom. The fourth-order valence-electron chi connectivity index (χ4n) is 4.97. The third-order valence-corrected chi connectivity index (χ3v) is 6.63. The lowest BCUT2D eigenvalue weighted by atomic mass is 9.81. The normalized spacial score (nSPS) is 17.8. The highest BCUT2D eigenvalue weighted by Gasteiger charge is 2.41. The van der Waals surface area contributed by atoms with Crippen LogP contribution in [-0.2, 0) is 0 Å². The lowest BCUT2D eigenvalue weighted by molar-refractivity contribution is 0.315. The first kappa shape index (κ1) is 31.5. The molecule has 2 heteroatoms. The van der Waals surface area contributed by atoms with Crippen molar-refractivity contribution in [2.24, 2.45) is 11.1 Å². The monoisotopic (exact) mass is 464 g/mol. The van der Waals surface area contributed by atoms with Crippen LogP contribution in [0.2, 0.25) is 0 Å². The van der Waals surface area contributed by atoms with Gasteiger partial charge in [-0.2, -0.15) is 0 Å². The molecule has 2 rings (SSSR count). The van der Waals surface area contributed by atoms with Crippen LogP contribution in [0.5, 0.6) is 0 Å². The minimum absolute atomic E-state index is 0.465. The second-order valence-corrected chi connectivity index (χ2v) is 8.63. The first-order chi connectivity index (χ1) is 16.4. The van der Waals surface area contributed by atoms with E-state index in [4.69, 9.17) is 5.73 Å². The fourth-order valence-corrected chi connectivity index (χ4v) is 4.97. The van der Waals surface area contributed by atoms with Crippen molar-refractivity contribution >= 4 is 0 Å². The Balaban J connectivity index is 0.00000258. The second-order valence-electron chi connectivity index (χ2n) is 8.63. The molecule has 3 N–H and O–H groups in total. The summed E-state index contributed by atoms with van der Waals surface area (Å²) < 4.78 is 0. The predicted octanol–water partition coefficient (Wildman–Crippen LogP) is 9.24. The molecule has 0 bridgehead atoms. The molecule has 0 saturated heterocycles. The first-order valence-corrected chi connectivity index (χ1v) is 13.3. The van der Waals surface area contributed by atoms with E-state index in [-0.39, 0.29) is 0 Å². The Morgan fingerprint density at radius 1 is 1.03 bits per heavy atom. The largest absolute Gasteiger partial charge is 0.403 e. The average Bonchev–Trinajstić information content (AvgIpc) is 3.48. The Bertz CT molecular complexity index is 821. The molecule has 1 spiro atoms. The van der Waals surface area contributed by atoms with Gasteiger partial charge in [0.2, 0.25) is 0 Å². The van der Waals surface area contributed by atoms with Crippen LogP contribution in [0, 0.1) is 5.41 Å². The second kappa shape index (κ2) is 17.0. The molecule has 190 valence electrons. The summed E-state index contributed by atoms with van der Waals surface area (Å²) in [5.74, 6) is 0. The van der Waals surface area contributed by atoms with Crippen LogP contribution in [-0.4, -0.2) is 7.05 Å². The van der Waals surface area contributed by atoms with Gasteiger partial charge in [0, 0.05) is 13.2 Å². The zero-order valence-electron chi connectivity index (χ0n) is 23.3. The lowest BCUT2D eigenvalue weighted by Gasteiger charge is -2.23. The highest BCUT2D eigenvalue weighted by molar-refractivity contribution is 5.55. The molecule has 0 aromatic carbocycles. The van der Waals surface area contributed by atoms with E-state index in [1.165, 1.54) is 55.2 Å². The summed E-state index contributed by atoms with van der Waals surface area (Å²) in [6.07, 6.45) is 22.1. The van der Waals surface area contributed by atoms with Gasteiger partial charge in [-0.3, -0.25) is 0 Å². The van der Waals surface area contributed by atoms with Gasteiger partial charge in [-0.1, -0.05) is 103 Å². The lowest BCUT2D eigenvalue weighted by Crippen LogP contribution is -2.12. The summed E-state index contributed by atoms with van der Waals surface area (Å²) in [6.45, 7) is 24.7. The van der Waals surface area contributed by atoms with Crippen molar-refractivity contribution in [3.63, 3.8) is 0 Å². The number of nitrogens with two attached hydrogens (primary N) is 1. The summed E-state index contributed by atoms with van der Waals surface area (Å²) in [4.78, 5) is 0. The van der Waals surface area contributed by atoms with Gasteiger partial charge in [0.1, 0.15) is 0 Å². The predicted molar refractivity (Wildman–Crippen MR) is 156 cm³/mol. The maximum absolute atomic E-state index is 5.68. The van der Waals surface area contributed by atoms with E-state index in [0.29, 0.717) is 5.41 Å². The van der Waals surface area contributed by atoms with E-state index >= 15 is 0 Å². The van der Waals surface area contributed by atoms with E-state index in [1.807, 2.05) is 40.8 Å². The molecule has 1 saturated carbocycles. The number of likely N-dealkylation sites (N-methyl/N-ethyl adjacent to an activating group) is 1. The first-order valence-electron chi connectivity index (χ1n) is 13.3. The van der Waals surface area contributed by atoms with Gasteiger partial charge in [0.05, 0.1) is 5.70 Å². The Labute approximate surface area is 211 Å². The maximum Gasteiger partial charge on any atom is 0.0562 e. The molecule has 0 aliphatic heterocycles. The van der Waals surface area contributed by atoms with Gasteiger partial charge in [-0.15, -0.1) is 0 Å². The van der Waals surface area contributed by atoms with E-state index in [1.54, 1.807) is 11.8 Å². The molecule has 34 heavy (non-hydrogen) atoms. The van der Waals surface area contributed by atoms with Crippen molar-refractivity contribution in [1.29, 1.82) is 0 Å². The van der Waals surface area contributed by atoms with Crippen LogP contribution in [0.1, 0.15) is 92.9 Å². The molecule has 2 nitrogen and oxygen atoms in total. The van der Waals surface area contributed by atoms with Crippen molar-refractivity contribution in [2.45, 2.75) is 92.9 Å². The molecule has 0 atom stereocenters. The summed E-state index contributed by atoms with van der Waals surface area (Å²) in [5, 5.41) is 3.08. The van der Waals surface area contributed by atoms with Crippen molar-refractivity contribution in [1.82, 2.24) is 5.32 Å². The summed E-state index contributed by atoms with van der Waals surface area (Å²) in [7, 11) is 1.86. The maximum atomic E-state index is 5.68. The summed E-state index contributed by atoms with van der Waals surface area (Å²) in [6, 6.07) is 0. The van der Waals surface area contributed by atoms with Crippen molar-refractivity contribution in [3.8, 4) is 0 Å². The Morgan fingerprint density at radius 3 is 2.12 bits per heavy atom. The number of allylic oxidation sites excluding steroid dienone is 10. The standard InChI is InChI=1S/C28H40N2.2C2H6/c1-7-12-25(21(4)8-2)26-19-28(15-10-11-16-28)18-24(26)17-23(9-3)14-13-22(5)27(20-29)30-6;2*1-2/h8-9,12-14,20,30H,2,4-5,7,10-11,15-19,29H2,1,3,6H3;2*1-2H3/b14-13-,23-9+,25-12-,27-20-;;. The molecule has 0 heterocycles. The number of hydrogen-bond acceptors (Lipinski definition) is 2. The van der Waals surface area contributed by atoms with Crippen LogP contribution >= 0.6 is 0 Å². The third kappa shape index (κ3) is 8.70. The van der Waals surface area contributed by atoms with Gasteiger partial charge in [0.25, 0.3) is 0 Å². The van der Waals surface area contributed by atoms with Crippen LogP contribution in [0.4, 0.5) is 0 Å². The highest BCUT2D eigenvalue weighted by Crippen LogP contribution is 2.55.